The van der Waals surface area contributed by atoms with Crippen molar-refractivity contribution in [3.63, 3.8) is 0 Å². The highest BCUT2D eigenvalue weighted by Gasteiger charge is 2.26. The van der Waals surface area contributed by atoms with Gasteiger partial charge in [0, 0.05) is 22.6 Å². The minimum Gasteiger partial charge on any atom is -0.444 e. The molecule has 1 amide bonds. The molecule has 1 aromatic heterocycles. The van der Waals surface area contributed by atoms with Crippen LogP contribution in [0.4, 0.5) is 4.79 Å². The van der Waals surface area contributed by atoms with E-state index >= 15 is 0 Å². The van der Waals surface area contributed by atoms with Crippen molar-refractivity contribution in [1.29, 1.82) is 0 Å². The van der Waals surface area contributed by atoms with Gasteiger partial charge in [-0.1, -0.05) is 39.6 Å². The van der Waals surface area contributed by atoms with Crippen LogP contribution >= 0.6 is 15.9 Å². The van der Waals surface area contributed by atoms with Gasteiger partial charge in [-0.3, -0.25) is 4.90 Å². The molecule has 1 atom stereocenters. The number of nitrogens with one attached hydrogen (secondary N) is 1. The maximum Gasteiger partial charge on any atom is 0.407 e. The quantitative estimate of drug-likeness (QED) is 0.727. The number of halogens is 1. The number of aromatic nitrogens is 2. The minimum atomic E-state index is -0.497. The molecular weight excluding hydrogens is 424 g/mol. The van der Waals surface area contributed by atoms with Crippen LogP contribution in [0.15, 0.2) is 33.3 Å². The third-order valence-corrected chi connectivity index (χ3v) is 5.01. The fraction of sp³-hybridized carbons (Fsp3) is 0.550. The molecule has 2 heterocycles. The number of hydrogen-bond acceptors (Lipinski definition) is 6. The highest BCUT2D eigenvalue weighted by molar-refractivity contribution is 9.10. The summed E-state index contributed by atoms with van der Waals surface area (Å²) >= 11 is 3.46. The summed E-state index contributed by atoms with van der Waals surface area (Å²) in [4.78, 5) is 18.8. The van der Waals surface area contributed by atoms with E-state index in [9.17, 15) is 4.79 Å². The summed E-state index contributed by atoms with van der Waals surface area (Å²) in [6.45, 7) is 7.63. The van der Waals surface area contributed by atoms with Crippen LogP contribution in [0.1, 0.15) is 45.9 Å². The number of likely N-dealkylation sites (tertiary alicyclic amines) is 1. The molecule has 1 aromatic carbocycles. The number of carbonyl (C=O) groups is 1. The predicted molar refractivity (Wildman–Crippen MR) is 110 cm³/mol. The van der Waals surface area contributed by atoms with Crippen molar-refractivity contribution in [2.45, 2.75) is 58.2 Å². The van der Waals surface area contributed by atoms with E-state index in [1.54, 1.807) is 0 Å². The SMILES string of the molecule is CC(C)(C)OC(=O)NCC1CCCCN1Cc1nc(-c2cccc(Br)c2)no1. The van der Waals surface area contributed by atoms with E-state index in [0.717, 1.165) is 35.8 Å². The standard InChI is InChI=1S/C20H27BrN4O3/c1-20(2,3)27-19(26)22-12-16-9-4-5-10-25(16)13-17-23-18(24-28-17)14-7-6-8-15(21)11-14/h6-8,11,16H,4-5,9-10,12-13H2,1-3H3,(H,22,26). The number of hydrogen-bond donors (Lipinski definition) is 1. The Kier molecular flexibility index (Phi) is 6.72. The maximum absolute atomic E-state index is 12.0. The summed E-state index contributed by atoms with van der Waals surface area (Å²) in [5.74, 6) is 1.16. The Morgan fingerprint density at radius 1 is 1.39 bits per heavy atom. The molecule has 0 aliphatic carbocycles. The lowest BCUT2D eigenvalue weighted by Crippen LogP contribution is -2.47. The number of rotatable bonds is 5. The summed E-state index contributed by atoms with van der Waals surface area (Å²) in [7, 11) is 0. The number of alkyl carbamates (subject to hydrolysis) is 1. The van der Waals surface area contributed by atoms with Crippen LogP contribution in [0, 0.1) is 0 Å². The molecular formula is C20H27BrN4O3. The molecule has 1 aliphatic heterocycles. The van der Waals surface area contributed by atoms with Crippen molar-refractivity contribution in [3.05, 3.63) is 34.6 Å². The maximum atomic E-state index is 12.0. The fourth-order valence-corrected chi connectivity index (χ4v) is 3.65. The zero-order valence-corrected chi connectivity index (χ0v) is 18.2. The van der Waals surface area contributed by atoms with E-state index in [1.807, 2.05) is 45.0 Å². The fourth-order valence-electron chi connectivity index (χ4n) is 3.25. The largest absolute Gasteiger partial charge is 0.444 e. The van der Waals surface area contributed by atoms with E-state index in [2.05, 4.69) is 36.3 Å². The van der Waals surface area contributed by atoms with Gasteiger partial charge in [0.2, 0.25) is 11.7 Å². The zero-order chi connectivity index (χ0) is 20.1. The van der Waals surface area contributed by atoms with Crippen LogP contribution in [0.5, 0.6) is 0 Å². The van der Waals surface area contributed by atoms with Gasteiger partial charge in [-0.15, -0.1) is 0 Å². The molecule has 8 heteroatoms. The average Bonchev–Trinajstić information content (AvgIpc) is 3.08. The van der Waals surface area contributed by atoms with Crippen LogP contribution in [0.3, 0.4) is 0 Å². The molecule has 1 fully saturated rings. The first-order chi connectivity index (χ1) is 13.3. The molecule has 0 spiro atoms. The Bertz CT molecular complexity index is 803. The summed E-state index contributed by atoms with van der Waals surface area (Å²) in [6, 6.07) is 8.04. The molecule has 7 nitrogen and oxygen atoms in total. The Morgan fingerprint density at radius 2 is 2.21 bits per heavy atom. The van der Waals surface area contributed by atoms with Gasteiger partial charge >= 0.3 is 6.09 Å². The minimum absolute atomic E-state index is 0.225. The summed E-state index contributed by atoms with van der Waals surface area (Å²) in [5.41, 5.74) is 0.411. The molecule has 0 saturated carbocycles. The number of nitrogens with zero attached hydrogens (tertiary/aromatic N) is 3. The van der Waals surface area contributed by atoms with Gasteiger partial charge in [0.05, 0.1) is 6.54 Å². The molecule has 0 radical (unpaired) electrons. The smallest absolute Gasteiger partial charge is 0.407 e. The monoisotopic (exact) mass is 450 g/mol. The van der Waals surface area contributed by atoms with Crippen molar-refractivity contribution in [1.82, 2.24) is 20.4 Å². The third kappa shape index (κ3) is 6.04. The van der Waals surface area contributed by atoms with Crippen molar-refractivity contribution < 1.29 is 14.1 Å². The van der Waals surface area contributed by atoms with Crippen LogP contribution in [-0.2, 0) is 11.3 Å². The van der Waals surface area contributed by atoms with Crippen LogP contribution < -0.4 is 5.32 Å². The zero-order valence-electron chi connectivity index (χ0n) is 16.6. The number of ether oxygens (including phenoxy) is 1. The molecule has 1 N–H and O–H groups in total. The van der Waals surface area contributed by atoms with E-state index in [0.29, 0.717) is 24.8 Å². The van der Waals surface area contributed by atoms with Gasteiger partial charge in [0.1, 0.15) is 5.60 Å². The van der Waals surface area contributed by atoms with Crippen molar-refractivity contribution >= 4 is 22.0 Å². The lowest BCUT2D eigenvalue weighted by atomic mass is 10.0. The molecule has 0 bridgehead atoms. The van der Waals surface area contributed by atoms with E-state index in [1.165, 1.54) is 0 Å². The first kappa shape index (κ1) is 20.8. The molecule has 2 aromatic rings. The average molecular weight is 451 g/mol. The van der Waals surface area contributed by atoms with Gasteiger partial charge < -0.3 is 14.6 Å². The highest BCUT2D eigenvalue weighted by Crippen LogP contribution is 2.23. The van der Waals surface area contributed by atoms with Crippen LogP contribution in [0.25, 0.3) is 11.4 Å². The van der Waals surface area contributed by atoms with E-state index in [-0.39, 0.29) is 12.1 Å². The summed E-state index contributed by atoms with van der Waals surface area (Å²) in [5, 5.41) is 7.00. The van der Waals surface area contributed by atoms with Gasteiger partial charge in [-0.25, -0.2) is 4.79 Å². The number of amides is 1. The van der Waals surface area contributed by atoms with Gasteiger partial charge in [0.25, 0.3) is 0 Å². The molecule has 1 saturated heterocycles. The lowest BCUT2D eigenvalue weighted by molar-refractivity contribution is 0.0487. The molecule has 1 aliphatic rings. The first-order valence-corrected chi connectivity index (χ1v) is 10.4. The Hall–Kier alpha value is -1.93. The van der Waals surface area contributed by atoms with E-state index in [4.69, 9.17) is 9.26 Å². The first-order valence-electron chi connectivity index (χ1n) is 9.59. The summed E-state index contributed by atoms with van der Waals surface area (Å²) in [6.07, 6.45) is 2.90. The van der Waals surface area contributed by atoms with Gasteiger partial charge in [-0.05, 0) is 52.3 Å². The summed E-state index contributed by atoms with van der Waals surface area (Å²) < 4.78 is 11.8. The second-order valence-electron chi connectivity index (χ2n) is 8.02. The van der Waals surface area contributed by atoms with Gasteiger partial charge in [-0.2, -0.15) is 4.98 Å². The highest BCUT2D eigenvalue weighted by atomic mass is 79.9. The second kappa shape index (κ2) is 9.05. The molecule has 3 rings (SSSR count). The normalized spacial score (nSPS) is 18.1. The third-order valence-electron chi connectivity index (χ3n) is 4.52. The number of carbonyl (C=O) groups excluding carboxylic acids is 1. The predicted octanol–water partition coefficient (Wildman–Crippen LogP) is 4.38. The second-order valence-corrected chi connectivity index (χ2v) is 8.94. The van der Waals surface area contributed by atoms with Crippen LogP contribution in [0.2, 0.25) is 0 Å². The lowest BCUT2D eigenvalue weighted by Gasteiger charge is -2.34. The Labute approximate surface area is 173 Å². The topological polar surface area (TPSA) is 80.5 Å². The van der Waals surface area contributed by atoms with Crippen molar-refractivity contribution in [2.75, 3.05) is 13.1 Å². The molecule has 1 unspecified atom stereocenters. The molecule has 28 heavy (non-hydrogen) atoms. The van der Waals surface area contributed by atoms with Crippen molar-refractivity contribution in [3.8, 4) is 11.4 Å². The molecule has 152 valence electrons. The van der Waals surface area contributed by atoms with Gasteiger partial charge in [0.15, 0.2) is 0 Å². The van der Waals surface area contributed by atoms with E-state index < -0.39 is 5.60 Å². The Morgan fingerprint density at radius 3 is 2.96 bits per heavy atom. The van der Waals surface area contributed by atoms with Crippen molar-refractivity contribution in [2.24, 2.45) is 0 Å². The number of benzene rings is 1. The number of piperidine rings is 1. The Balaban J connectivity index is 1.59. The van der Waals surface area contributed by atoms with Crippen LogP contribution in [-0.4, -0.2) is 45.9 Å².